The fourth-order valence-electron chi connectivity index (χ4n) is 2.23. The number of hydrogen-bond donors (Lipinski definition) is 2. The number of nitrogens with one attached hydrogen (secondary N) is 2. The van der Waals surface area contributed by atoms with Crippen LogP contribution in [0.5, 0.6) is 0 Å². The zero-order valence-electron chi connectivity index (χ0n) is 10.3. The molecule has 6 heteroatoms. The number of hydrogen-bond acceptors (Lipinski definition) is 4. The van der Waals surface area contributed by atoms with Crippen LogP contribution in [0.1, 0.15) is 25.6 Å². The predicted molar refractivity (Wildman–Crippen MR) is 63.0 cm³/mol. The summed E-state index contributed by atoms with van der Waals surface area (Å²) < 4.78 is 0. The van der Waals surface area contributed by atoms with Crippen molar-refractivity contribution in [2.45, 2.75) is 32.4 Å². The molecular weight excluding hydrogens is 218 g/mol. The molecule has 2 N–H and O–H groups in total. The molecule has 0 spiro atoms. The van der Waals surface area contributed by atoms with Gasteiger partial charge < -0.3 is 10.2 Å². The van der Waals surface area contributed by atoms with Crippen molar-refractivity contribution >= 4 is 5.91 Å². The van der Waals surface area contributed by atoms with Gasteiger partial charge >= 0.3 is 0 Å². The van der Waals surface area contributed by atoms with E-state index in [9.17, 15) is 4.79 Å². The molecule has 1 aliphatic rings. The van der Waals surface area contributed by atoms with Gasteiger partial charge in [0.1, 0.15) is 12.2 Å². The number of nitrogens with zero attached hydrogens (tertiary/aromatic N) is 3. The van der Waals surface area contributed by atoms with Gasteiger partial charge in [0.2, 0.25) is 5.91 Å². The Kier molecular flexibility index (Phi) is 3.73. The van der Waals surface area contributed by atoms with Crippen molar-refractivity contribution in [3.8, 4) is 0 Å². The van der Waals surface area contributed by atoms with Gasteiger partial charge in [0.05, 0.1) is 12.6 Å². The first kappa shape index (κ1) is 12.0. The van der Waals surface area contributed by atoms with E-state index in [0.29, 0.717) is 18.3 Å². The molecule has 2 atom stereocenters. The summed E-state index contributed by atoms with van der Waals surface area (Å²) in [5, 5.41) is 9.83. The van der Waals surface area contributed by atoms with Crippen LogP contribution >= 0.6 is 0 Å². The van der Waals surface area contributed by atoms with E-state index in [4.69, 9.17) is 0 Å². The van der Waals surface area contributed by atoms with Crippen LogP contribution < -0.4 is 5.32 Å². The Labute approximate surface area is 101 Å². The molecule has 0 aromatic carbocycles. The van der Waals surface area contributed by atoms with E-state index in [0.717, 1.165) is 19.4 Å². The standard InChI is InChI=1S/C11H19N5O/c1-8-4-3-5-12-10(8)11(17)16(2)6-9-13-7-14-15-9/h7-8,10,12H,3-6H2,1-2H3,(H,13,14,15). The third-order valence-electron chi connectivity index (χ3n) is 3.26. The first-order valence-electron chi connectivity index (χ1n) is 6.01. The molecule has 0 saturated carbocycles. The third kappa shape index (κ3) is 2.82. The second-order valence-corrected chi connectivity index (χ2v) is 4.68. The lowest BCUT2D eigenvalue weighted by Crippen LogP contribution is -2.51. The van der Waals surface area contributed by atoms with Crippen molar-refractivity contribution in [3.63, 3.8) is 0 Å². The number of rotatable bonds is 3. The van der Waals surface area contributed by atoms with Crippen LogP contribution in [0.2, 0.25) is 0 Å². The second kappa shape index (κ2) is 5.27. The molecule has 6 nitrogen and oxygen atoms in total. The quantitative estimate of drug-likeness (QED) is 0.785. The Morgan fingerprint density at radius 1 is 1.65 bits per heavy atom. The van der Waals surface area contributed by atoms with Gasteiger partial charge in [0.25, 0.3) is 0 Å². The number of piperidine rings is 1. The molecule has 1 aliphatic heterocycles. The highest BCUT2D eigenvalue weighted by atomic mass is 16.2. The van der Waals surface area contributed by atoms with Crippen molar-refractivity contribution in [1.82, 2.24) is 25.4 Å². The zero-order valence-corrected chi connectivity index (χ0v) is 10.3. The van der Waals surface area contributed by atoms with E-state index in [2.05, 4.69) is 27.4 Å². The lowest BCUT2D eigenvalue weighted by Gasteiger charge is -2.31. The topological polar surface area (TPSA) is 73.9 Å². The molecule has 2 rings (SSSR count). The highest BCUT2D eigenvalue weighted by molar-refractivity contribution is 5.82. The molecule has 17 heavy (non-hydrogen) atoms. The summed E-state index contributed by atoms with van der Waals surface area (Å²) in [5.41, 5.74) is 0. The summed E-state index contributed by atoms with van der Waals surface area (Å²) in [5.74, 6) is 1.24. The average molecular weight is 237 g/mol. The number of aromatic amines is 1. The molecule has 1 fully saturated rings. The molecular formula is C11H19N5O. The number of amides is 1. The van der Waals surface area contributed by atoms with Crippen molar-refractivity contribution in [3.05, 3.63) is 12.2 Å². The summed E-state index contributed by atoms with van der Waals surface area (Å²) in [4.78, 5) is 18.0. The van der Waals surface area contributed by atoms with E-state index in [1.165, 1.54) is 6.33 Å². The number of carbonyl (C=O) groups is 1. The summed E-state index contributed by atoms with van der Waals surface area (Å²) in [7, 11) is 1.80. The summed E-state index contributed by atoms with van der Waals surface area (Å²) >= 11 is 0. The lowest BCUT2D eigenvalue weighted by atomic mass is 9.92. The van der Waals surface area contributed by atoms with Crippen molar-refractivity contribution in [1.29, 1.82) is 0 Å². The molecule has 0 radical (unpaired) electrons. The molecule has 1 amide bonds. The number of H-pyrrole nitrogens is 1. The molecule has 2 unspecified atom stereocenters. The molecule has 1 aromatic rings. The fraction of sp³-hybridized carbons (Fsp3) is 0.727. The minimum Gasteiger partial charge on any atom is -0.337 e. The Morgan fingerprint density at radius 3 is 3.12 bits per heavy atom. The van der Waals surface area contributed by atoms with Crippen molar-refractivity contribution in [2.75, 3.05) is 13.6 Å². The monoisotopic (exact) mass is 237 g/mol. The Bertz CT molecular complexity index is 364. The normalized spacial score (nSPS) is 24.6. The lowest BCUT2D eigenvalue weighted by molar-refractivity contribution is -0.134. The van der Waals surface area contributed by atoms with Gasteiger partial charge in [-0.3, -0.25) is 9.89 Å². The van der Waals surface area contributed by atoms with Crippen LogP contribution in [0, 0.1) is 5.92 Å². The fourth-order valence-corrected chi connectivity index (χ4v) is 2.23. The van der Waals surface area contributed by atoms with Crippen LogP contribution in [-0.4, -0.2) is 45.6 Å². The number of carbonyl (C=O) groups excluding carboxylic acids is 1. The molecule has 1 saturated heterocycles. The van der Waals surface area contributed by atoms with Crippen LogP contribution in [-0.2, 0) is 11.3 Å². The highest BCUT2D eigenvalue weighted by Gasteiger charge is 2.29. The zero-order chi connectivity index (χ0) is 12.3. The second-order valence-electron chi connectivity index (χ2n) is 4.68. The Morgan fingerprint density at radius 2 is 2.47 bits per heavy atom. The minimum atomic E-state index is -0.0586. The van der Waals surface area contributed by atoms with Crippen LogP contribution in [0.3, 0.4) is 0 Å². The minimum absolute atomic E-state index is 0.0586. The maximum Gasteiger partial charge on any atom is 0.240 e. The maximum absolute atomic E-state index is 12.2. The van der Waals surface area contributed by atoms with E-state index in [1.807, 2.05) is 0 Å². The number of likely N-dealkylation sites (N-methyl/N-ethyl adjacent to an activating group) is 1. The smallest absolute Gasteiger partial charge is 0.240 e. The molecule has 1 aromatic heterocycles. The highest BCUT2D eigenvalue weighted by Crippen LogP contribution is 2.17. The van der Waals surface area contributed by atoms with E-state index < -0.39 is 0 Å². The maximum atomic E-state index is 12.2. The van der Waals surface area contributed by atoms with Gasteiger partial charge in [-0.05, 0) is 25.3 Å². The molecule has 0 bridgehead atoms. The predicted octanol–water partition coefficient (Wildman–Crippen LogP) is 0.151. The van der Waals surface area contributed by atoms with Crippen LogP contribution in [0.15, 0.2) is 6.33 Å². The molecule has 2 heterocycles. The van der Waals surface area contributed by atoms with Crippen molar-refractivity contribution in [2.24, 2.45) is 5.92 Å². The van der Waals surface area contributed by atoms with Gasteiger partial charge in [-0.1, -0.05) is 6.92 Å². The van der Waals surface area contributed by atoms with Gasteiger partial charge in [-0.25, -0.2) is 4.98 Å². The van der Waals surface area contributed by atoms with Crippen LogP contribution in [0.4, 0.5) is 0 Å². The summed E-state index contributed by atoms with van der Waals surface area (Å²) in [6, 6.07) is -0.0586. The number of aromatic nitrogens is 3. The van der Waals surface area contributed by atoms with Crippen LogP contribution in [0.25, 0.3) is 0 Å². The SMILES string of the molecule is CC1CCCNC1C(=O)N(C)Cc1ncn[nH]1. The summed E-state index contributed by atoms with van der Waals surface area (Å²) in [6.45, 7) is 3.53. The van der Waals surface area contributed by atoms with Gasteiger partial charge in [0, 0.05) is 7.05 Å². The first-order chi connectivity index (χ1) is 8.18. The van der Waals surface area contributed by atoms with E-state index >= 15 is 0 Å². The largest absolute Gasteiger partial charge is 0.337 e. The Hall–Kier alpha value is -1.43. The van der Waals surface area contributed by atoms with Crippen molar-refractivity contribution < 1.29 is 4.79 Å². The average Bonchev–Trinajstić information content (AvgIpc) is 2.81. The van der Waals surface area contributed by atoms with E-state index in [1.54, 1.807) is 11.9 Å². The van der Waals surface area contributed by atoms with Gasteiger partial charge in [-0.2, -0.15) is 5.10 Å². The Balaban J connectivity index is 1.94. The molecule has 94 valence electrons. The van der Waals surface area contributed by atoms with Gasteiger partial charge in [-0.15, -0.1) is 0 Å². The molecule has 0 aliphatic carbocycles. The summed E-state index contributed by atoms with van der Waals surface area (Å²) in [6.07, 6.45) is 3.71. The third-order valence-corrected chi connectivity index (χ3v) is 3.26. The van der Waals surface area contributed by atoms with Gasteiger partial charge in [0.15, 0.2) is 0 Å². The first-order valence-corrected chi connectivity index (χ1v) is 6.01. The van der Waals surface area contributed by atoms with E-state index in [-0.39, 0.29) is 11.9 Å².